The van der Waals surface area contributed by atoms with Crippen molar-refractivity contribution in [2.45, 2.75) is 57.5 Å². The molecule has 3 atom stereocenters. The normalized spacial score (nSPS) is 23.1. The van der Waals surface area contributed by atoms with Crippen LogP contribution in [0.4, 0.5) is 0 Å². The molecule has 5 nitrogen and oxygen atoms in total. The molecule has 2 rings (SSSR count). The number of carbonyl (C=O) groups excluding carboxylic acids is 2. The third-order valence-electron chi connectivity index (χ3n) is 5.70. The van der Waals surface area contributed by atoms with E-state index in [4.69, 9.17) is 13.9 Å². The molecule has 0 bridgehead atoms. The van der Waals surface area contributed by atoms with Gasteiger partial charge < -0.3 is 13.9 Å². The summed E-state index contributed by atoms with van der Waals surface area (Å²) in [5.41, 5.74) is 1.23. The van der Waals surface area contributed by atoms with Crippen molar-refractivity contribution in [3.05, 3.63) is 48.0 Å². The van der Waals surface area contributed by atoms with Gasteiger partial charge >= 0.3 is 5.97 Å². The third kappa shape index (κ3) is 5.08. The van der Waals surface area contributed by atoms with Crippen molar-refractivity contribution in [3.8, 4) is 0 Å². The lowest BCUT2D eigenvalue weighted by Gasteiger charge is -2.37. The Balaban J connectivity index is 2.13. The summed E-state index contributed by atoms with van der Waals surface area (Å²) >= 11 is 0. The zero-order valence-corrected chi connectivity index (χ0v) is 17.9. The van der Waals surface area contributed by atoms with Gasteiger partial charge in [0.05, 0.1) is 5.56 Å². The van der Waals surface area contributed by atoms with E-state index in [0.29, 0.717) is 25.1 Å². The third-order valence-corrected chi connectivity index (χ3v) is 10.2. The molecule has 1 saturated carbocycles. The average molecular weight is 391 g/mol. The van der Waals surface area contributed by atoms with Crippen molar-refractivity contribution in [3.63, 3.8) is 0 Å². The predicted octanol–water partition coefficient (Wildman–Crippen LogP) is 4.35. The summed E-state index contributed by atoms with van der Waals surface area (Å²) in [6, 6.07) is 8.86. The molecular formula is C21H30O5Si. The van der Waals surface area contributed by atoms with Crippen LogP contribution in [0.2, 0.25) is 18.1 Å². The van der Waals surface area contributed by atoms with E-state index >= 15 is 0 Å². The zero-order valence-electron chi connectivity index (χ0n) is 16.9. The van der Waals surface area contributed by atoms with Gasteiger partial charge in [-0.15, -0.1) is 0 Å². The Bertz CT molecular complexity index is 678. The fraction of sp³-hybridized carbons (Fsp3) is 0.524. The van der Waals surface area contributed by atoms with Crippen molar-refractivity contribution in [2.75, 3.05) is 6.61 Å². The summed E-state index contributed by atoms with van der Waals surface area (Å²) in [6.45, 7) is 15.8. The minimum absolute atomic E-state index is 0.0713. The Hall–Kier alpha value is -1.92. The van der Waals surface area contributed by atoms with Crippen LogP contribution in [-0.4, -0.2) is 39.6 Å². The lowest BCUT2D eigenvalue weighted by Crippen LogP contribution is -2.43. The molecule has 1 aliphatic carbocycles. The van der Waals surface area contributed by atoms with Crippen LogP contribution in [0.5, 0.6) is 0 Å². The van der Waals surface area contributed by atoms with Crippen molar-refractivity contribution in [1.82, 2.24) is 0 Å². The highest BCUT2D eigenvalue weighted by Gasteiger charge is 2.44. The van der Waals surface area contributed by atoms with Gasteiger partial charge in [0.15, 0.2) is 8.32 Å². The largest absolute Gasteiger partial charge is 0.460 e. The second kappa shape index (κ2) is 8.40. The van der Waals surface area contributed by atoms with Crippen LogP contribution in [-0.2, 0) is 18.7 Å². The summed E-state index contributed by atoms with van der Waals surface area (Å²) < 4.78 is 17.2. The first-order valence-electron chi connectivity index (χ1n) is 9.24. The van der Waals surface area contributed by atoms with E-state index in [0.717, 1.165) is 5.57 Å². The van der Waals surface area contributed by atoms with E-state index in [-0.39, 0.29) is 11.0 Å². The van der Waals surface area contributed by atoms with Gasteiger partial charge in [0.2, 0.25) is 0 Å². The highest BCUT2D eigenvalue weighted by molar-refractivity contribution is 6.74. The van der Waals surface area contributed by atoms with Gasteiger partial charge in [0, 0.05) is 18.9 Å². The maximum atomic E-state index is 12.5. The number of carbonyl (C=O) groups is 2. The molecule has 1 aliphatic rings. The maximum absolute atomic E-state index is 12.5. The molecule has 1 aromatic rings. The van der Waals surface area contributed by atoms with Crippen molar-refractivity contribution in [2.24, 2.45) is 5.92 Å². The van der Waals surface area contributed by atoms with Crippen molar-refractivity contribution >= 4 is 20.8 Å². The number of hydrogen-bond donors (Lipinski definition) is 0. The van der Waals surface area contributed by atoms with Gasteiger partial charge in [-0.25, -0.2) is 4.79 Å². The molecule has 0 radical (unpaired) electrons. The van der Waals surface area contributed by atoms with Crippen LogP contribution in [0.15, 0.2) is 42.5 Å². The van der Waals surface area contributed by atoms with E-state index in [2.05, 4.69) is 40.4 Å². The first kappa shape index (κ1) is 21.4. The van der Waals surface area contributed by atoms with Gasteiger partial charge in [-0.3, -0.25) is 4.79 Å². The van der Waals surface area contributed by atoms with Crippen LogP contribution in [0.3, 0.4) is 0 Å². The van der Waals surface area contributed by atoms with Gasteiger partial charge in [-0.2, -0.15) is 0 Å². The molecule has 6 heteroatoms. The van der Waals surface area contributed by atoms with Crippen molar-refractivity contribution in [1.29, 1.82) is 0 Å². The fourth-order valence-electron chi connectivity index (χ4n) is 2.85. The minimum Gasteiger partial charge on any atom is -0.460 e. The molecule has 0 amide bonds. The summed E-state index contributed by atoms with van der Waals surface area (Å²) in [7, 11) is -1.97. The zero-order chi connectivity index (χ0) is 20.2. The van der Waals surface area contributed by atoms with Gasteiger partial charge in [-0.1, -0.05) is 45.5 Å². The highest BCUT2D eigenvalue weighted by Crippen LogP contribution is 2.40. The first-order chi connectivity index (χ1) is 12.6. The quantitative estimate of drug-likeness (QED) is 0.300. The highest BCUT2D eigenvalue weighted by atomic mass is 28.4. The van der Waals surface area contributed by atoms with Gasteiger partial charge in [-0.05, 0) is 35.8 Å². The summed E-state index contributed by atoms with van der Waals surface area (Å²) in [4.78, 5) is 23.3. The molecular weight excluding hydrogens is 360 g/mol. The Morgan fingerprint density at radius 3 is 2.44 bits per heavy atom. The van der Waals surface area contributed by atoms with Crippen LogP contribution in [0, 0.1) is 5.92 Å². The molecule has 0 N–H and O–H groups in total. The number of benzene rings is 1. The molecule has 0 spiro atoms. The van der Waals surface area contributed by atoms with Gasteiger partial charge in [0.25, 0.3) is 6.47 Å². The second-order valence-corrected chi connectivity index (χ2v) is 13.3. The molecule has 1 fully saturated rings. The number of esters is 1. The summed E-state index contributed by atoms with van der Waals surface area (Å²) in [6.07, 6.45) is -0.481. The van der Waals surface area contributed by atoms with Crippen LogP contribution in [0.1, 0.15) is 37.6 Å². The first-order valence-corrected chi connectivity index (χ1v) is 12.2. The van der Waals surface area contributed by atoms with Crippen molar-refractivity contribution < 1.29 is 23.5 Å². The van der Waals surface area contributed by atoms with E-state index in [9.17, 15) is 9.59 Å². The molecule has 148 valence electrons. The minimum atomic E-state index is -1.97. The maximum Gasteiger partial charge on any atom is 0.338 e. The molecule has 1 aromatic carbocycles. The fourth-order valence-corrected chi connectivity index (χ4v) is 3.88. The summed E-state index contributed by atoms with van der Waals surface area (Å²) in [5, 5.41) is 0.0713. The van der Waals surface area contributed by atoms with Crippen LogP contribution in [0.25, 0.3) is 0 Å². The Kier molecular flexibility index (Phi) is 6.65. The Labute approximate surface area is 162 Å². The predicted molar refractivity (Wildman–Crippen MR) is 107 cm³/mol. The lowest BCUT2D eigenvalue weighted by atomic mass is 10.0. The molecule has 0 aromatic heterocycles. The summed E-state index contributed by atoms with van der Waals surface area (Å²) in [5.74, 6) is -0.589. The smallest absolute Gasteiger partial charge is 0.338 e. The second-order valence-electron chi connectivity index (χ2n) is 8.52. The lowest BCUT2D eigenvalue weighted by molar-refractivity contribution is -0.132. The molecule has 0 aliphatic heterocycles. The monoisotopic (exact) mass is 390 g/mol. The molecule has 0 heterocycles. The SMILES string of the molecule is C=C1C(OC=O)CC(OC(=O)c2ccccc2)C1CO[Si](C)(C)C(C)(C)C. The van der Waals surface area contributed by atoms with Crippen LogP contribution >= 0.6 is 0 Å². The topological polar surface area (TPSA) is 61.8 Å². The molecule has 3 unspecified atom stereocenters. The van der Waals surface area contributed by atoms with E-state index in [1.54, 1.807) is 24.3 Å². The van der Waals surface area contributed by atoms with E-state index in [1.165, 1.54) is 0 Å². The van der Waals surface area contributed by atoms with Crippen LogP contribution < -0.4 is 0 Å². The Morgan fingerprint density at radius 1 is 1.26 bits per heavy atom. The van der Waals surface area contributed by atoms with Gasteiger partial charge in [0.1, 0.15) is 12.2 Å². The average Bonchev–Trinajstić information content (AvgIpc) is 2.88. The molecule has 0 saturated heterocycles. The van der Waals surface area contributed by atoms with E-state index < -0.39 is 26.5 Å². The number of rotatable bonds is 7. The van der Waals surface area contributed by atoms with E-state index in [1.807, 2.05) is 6.07 Å². The Morgan fingerprint density at radius 2 is 1.89 bits per heavy atom. The number of ether oxygens (including phenoxy) is 2. The standard InChI is InChI=1S/C21H30O5Si/c1-15-17(13-25-27(5,6)21(2,3)4)19(12-18(15)24-14-22)26-20(23)16-10-8-7-9-11-16/h7-11,14,17-19H,1,12-13H2,2-6H3. The number of hydrogen-bond acceptors (Lipinski definition) is 5. The molecule has 27 heavy (non-hydrogen) atoms.